The first-order valence-electron chi connectivity index (χ1n) is 7.32. The summed E-state index contributed by atoms with van der Waals surface area (Å²) < 4.78 is 20.9. The lowest BCUT2D eigenvalue weighted by atomic mass is 10.2. The maximum Gasteiger partial charge on any atom is 0.150 e. The molecule has 0 aromatic heterocycles. The van der Waals surface area contributed by atoms with Gasteiger partial charge < -0.3 is 0 Å². The summed E-state index contributed by atoms with van der Waals surface area (Å²) in [6.45, 7) is 4.46. The van der Waals surface area contributed by atoms with Crippen LogP contribution < -0.4 is 0 Å². The topological polar surface area (TPSA) is 34.1 Å². The number of benzene rings is 1. The van der Waals surface area contributed by atoms with Crippen LogP contribution in [-0.4, -0.2) is 19.9 Å². The van der Waals surface area contributed by atoms with Crippen molar-refractivity contribution in [2.24, 2.45) is 0 Å². The minimum absolute atomic E-state index is 0.424. The van der Waals surface area contributed by atoms with E-state index in [1.54, 1.807) is 0 Å². The molecule has 1 heterocycles. The lowest BCUT2D eigenvalue weighted by Gasteiger charge is -1.86. The predicted molar refractivity (Wildman–Crippen MR) is 84.1 cm³/mol. The summed E-state index contributed by atoms with van der Waals surface area (Å²) in [5, 5.41) is 0. The molecular weight excluding hydrogens is 256 g/mol. The molecule has 0 atom stereocenters. The summed E-state index contributed by atoms with van der Waals surface area (Å²) >= 11 is 0. The van der Waals surface area contributed by atoms with Gasteiger partial charge in [-0.2, -0.15) is 0 Å². The van der Waals surface area contributed by atoms with Crippen molar-refractivity contribution in [3.63, 3.8) is 0 Å². The van der Waals surface area contributed by atoms with Crippen LogP contribution in [0.4, 0.5) is 0 Å². The third-order valence-corrected chi connectivity index (χ3v) is 4.61. The summed E-state index contributed by atoms with van der Waals surface area (Å²) in [7, 11) is -2.55. The fourth-order valence-corrected chi connectivity index (χ4v) is 3.12. The molecule has 1 aliphatic rings. The quantitative estimate of drug-likeness (QED) is 0.767. The Bertz CT molecular complexity index is 328. The van der Waals surface area contributed by atoms with Crippen LogP contribution in [0.5, 0.6) is 0 Å². The number of sulfone groups is 1. The molecule has 1 aromatic rings. The second kappa shape index (κ2) is 12.2. The summed E-state index contributed by atoms with van der Waals surface area (Å²) in [4.78, 5) is 0. The molecule has 110 valence electrons. The average Bonchev–Trinajstić information content (AvgIpc) is 2.84. The highest BCUT2D eigenvalue weighted by Gasteiger charge is 2.16. The first kappa shape index (κ1) is 18.2. The van der Waals surface area contributed by atoms with Crippen molar-refractivity contribution in [2.75, 3.05) is 11.5 Å². The minimum Gasteiger partial charge on any atom is -0.229 e. The van der Waals surface area contributed by atoms with E-state index < -0.39 is 9.84 Å². The molecule has 1 aliphatic heterocycles. The van der Waals surface area contributed by atoms with Gasteiger partial charge in [0.25, 0.3) is 0 Å². The molecule has 2 nitrogen and oxygen atoms in total. The Morgan fingerprint density at radius 3 is 1.21 bits per heavy atom. The van der Waals surface area contributed by atoms with E-state index in [1.165, 1.54) is 25.7 Å². The van der Waals surface area contributed by atoms with Crippen molar-refractivity contribution in [3.8, 4) is 0 Å². The van der Waals surface area contributed by atoms with Gasteiger partial charge in [0, 0.05) is 0 Å². The van der Waals surface area contributed by atoms with Crippen molar-refractivity contribution in [1.82, 2.24) is 0 Å². The van der Waals surface area contributed by atoms with E-state index in [-0.39, 0.29) is 0 Å². The third-order valence-electron chi connectivity index (χ3n) is 2.78. The highest BCUT2D eigenvalue weighted by molar-refractivity contribution is 7.91. The van der Waals surface area contributed by atoms with Gasteiger partial charge in [0.2, 0.25) is 0 Å². The van der Waals surface area contributed by atoms with Crippen molar-refractivity contribution in [1.29, 1.82) is 0 Å². The zero-order valence-corrected chi connectivity index (χ0v) is 13.2. The second-order valence-corrected chi connectivity index (χ2v) is 7.02. The maximum atomic E-state index is 10.4. The monoisotopic (exact) mass is 284 g/mol. The number of hydrogen-bond acceptors (Lipinski definition) is 2. The van der Waals surface area contributed by atoms with E-state index >= 15 is 0 Å². The number of rotatable bonds is 3. The Morgan fingerprint density at radius 1 is 0.737 bits per heavy atom. The highest BCUT2D eigenvalue weighted by atomic mass is 32.2. The Labute approximate surface area is 119 Å². The van der Waals surface area contributed by atoms with Crippen LogP contribution in [0.25, 0.3) is 0 Å². The Morgan fingerprint density at radius 2 is 1.05 bits per heavy atom. The Kier molecular flexibility index (Phi) is 11.7. The highest BCUT2D eigenvalue weighted by Crippen LogP contribution is 2.08. The normalized spacial score (nSPS) is 15.7. The van der Waals surface area contributed by atoms with Crippen LogP contribution in [0, 0.1) is 0 Å². The molecule has 19 heavy (non-hydrogen) atoms. The molecule has 0 saturated carbocycles. The van der Waals surface area contributed by atoms with E-state index in [4.69, 9.17) is 0 Å². The van der Waals surface area contributed by atoms with Gasteiger partial charge in [-0.05, 0) is 12.8 Å². The molecule has 0 N–H and O–H groups in total. The summed E-state index contributed by atoms with van der Waals surface area (Å²) in [6.07, 6.45) is 7.29. The molecule has 0 aliphatic carbocycles. The van der Waals surface area contributed by atoms with E-state index in [1.807, 2.05) is 36.4 Å². The first-order chi connectivity index (χ1) is 9.12. The molecule has 2 rings (SSSR count). The molecule has 0 amide bonds. The van der Waals surface area contributed by atoms with Gasteiger partial charge in [0.15, 0.2) is 0 Å². The number of unbranched alkanes of at least 4 members (excludes halogenated alkanes) is 3. The van der Waals surface area contributed by atoms with Crippen LogP contribution in [0.1, 0.15) is 52.4 Å². The van der Waals surface area contributed by atoms with E-state index in [2.05, 4.69) is 13.8 Å². The zero-order valence-electron chi connectivity index (χ0n) is 12.3. The smallest absolute Gasteiger partial charge is 0.150 e. The van der Waals surface area contributed by atoms with Crippen molar-refractivity contribution in [3.05, 3.63) is 36.4 Å². The molecule has 1 fully saturated rings. The number of hydrogen-bond donors (Lipinski definition) is 0. The third kappa shape index (κ3) is 13.4. The van der Waals surface area contributed by atoms with Crippen molar-refractivity contribution < 1.29 is 8.42 Å². The largest absolute Gasteiger partial charge is 0.229 e. The lowest BCUT2D eigenvalue weighted by Crippen LogP contribution is -1.98. The van der Waals surface area contributed by atoms with Crippen LogP contribution in [0.3, 0.4) is 0 Å². The van der Waals surface area contributed by atoms with Gasteiger partial charge >= 0.3 is 0 Å². The van der Waals surface area contributed by atoms with Crippen LogP contribution >= 0.6 is 0 Å². The van der Waals surface area contributed by atoms with Crippen LogP contribution in [0.2, 0.25) is 0 Å². The second-order valence-electron chi connectivity index (χ2n) is 4.72. The van der Waals surface area contributed by atoms with Gasteiger partial charge in [-0.3, -0.25) is 0 Å². The first-order valence-corrected chi connectivity index (χ1v) is 9.15. The molecule has 1 aromatic carbocycles. The molecule has 0 spiro atoms. The van der Waals surface area contributed by atoms with Crippen LogP contribution in [-0.2, 0) is 9.84 Å². The van der Waals surface area contributed by atoms with Gasteiger partial charge in [-0.15, -0.1) is 0 Å². The molecule has 3 heteroatoms. The molecule has 0 radical (unpaired) electrons. The van der Waals surface area contributed by atoms with Gasteiger partial charge in [-0.25, -0.2) is 8.42 Å². The van der Waals surface area contributed by atoms with E-state index in [0.29, 0.717) is 11.5 Å². The Hall–Kier alpha value is -0.830. The molecular formula is C16H28O2S. The SMILES string of the molecule is CCCCCC.O=S1(=O)CCCC1.c1ccccc1. The van der Waals surface area contributed by atoms with E-state index in [9.17, 15) is 8.42 Å². The average molecular weight is 284 g/mol. The van der Waals surface area contributed by atoms with Gasteiger partial charge in [-0.1, -0.05) is 75.9 Å². The molecule has 1 saturated heterocycles. The fourth-order valence-electron chi connectivity index (χ4n) is 1.63. The van der Waals surface area contributed by atoms with Crippen LogP contribution in [0.15, 0.2) is 36.4 Å². The minimum atomic E-state index is -2.55. The standard InChI is InChI=1S/C6H6.C6H14.C4H8O2S/c1-2-4-6-5-3-1;1-3-5-6-4-2;5-7(6)3-1-2-4-7/h1-6H;3-6H2,1-2H3;1-4H2. The van der Waals surface area contributed by atoms with Gasteiger partial charge in [0.05, 0.1) is 11.5 Å². The summed E-state index contributed by atoms with van der Waals surface area (Å²) in [5.41, 5.74) is 0. The van der Waals surface area contributed by atoms with E-state index in [0.717, 1.165) is 12.8 Å². The summed E-state index contributed by atoms with van der Waals surface area (Å²) in [5.74, 6) is 0.847. The lowest BCUT2D eigenvalue weighted by molar-refractivity contribution is 0.602. The van der Waals surface area contributed by atoms with Crippen molar-refractivity contribution in [2.45, 2.75) is 52.4 Å². The summed E-state index contributed by atoms with van der Waals surface area (Å²) in [6, 6.07) is 12.0. The van der Waals surface area contributed by atoms with Crippen molar-refractivity contribution >= 4 is 9.84 Å². The predicted octanol–water partition coefficient (Wildman–Crippen LogP) is 4.47. The Balaban J connectivity index is 0.000000257. The van der Waals surface area contributed by atoms with Gasteiger partial charge in [0.1, 0.15) is 9.84 Å². The molecule has 0 bridgehead atoms. The maximum absolute atomic E-state index is 10.4. The fraction of sp³-hybridized carbons (Fsp3) is 0.625. The molecule has 0 unspecified atom stereocenters. The zero-order chi connectivity index (χ0) is 14.4.